The Kier molecular flexibility index (Phi) is 3.03. The lowest BCUT2D eigenvalue weighted by Gasteiger charge is -2.38. The standard InChI is InChI=1S/C12H20O/c1-5-9-8-10(12(2,3)4)6-7-11(9)13/h1,9-11,13H,6-8H2,2-4H3. The fraction of sp³-hybridized carbons (Fsp3) is 0.833. The van der Waals surface area contributed by atoms with E-state index in [-0.39, 0.29) is 12.0 Å². The van der Waals surface area contributed by atoms with E-state index in [0.29, 0.717) is 11.3 Å². The van der Waals surface area contributed by atoms with E-state index in [1.807, 2.05) is 0 Å². The molecule has 74 valence electrons. The zero-order valence-corrected chi connectivity index (χ0v) is 8.88. The molecule has 0 amide bonds. The van der Waals surface area contributed by atoms with Gasteiger partial charge in [-0.05, 0) is 30.6 Å². The van der Waals surface area contributed by atoms with Gasteiger partial charge in [0.2, 0.25) is 0 Å². The summed E-state index contributed by atoms with van der Waals surface area (Å²) < 4.78 is 0. The zero-order valence-electron chi connectivity index (χ0n) is 8.88. The molecule has 0 spiro atoms. The summed E-state index contributed by atoms with van der Waals surface area (Å²) in [6, 6.07) is 0. The van der Waals surface area contributed by atoms with E-state index in [9.17, 15) is 5.11 Å². The molecular formula is C12H20O. The molecule has 3 unspecified atom stereocenters. The van der Waals surface area contributed by atoms with Gasteiger partial charge in [-0.3, -0.25) is 0 Å². The lowest BCUT2D eigenvalue weighted by Crippen LogP contribution is -2.33. The van der Waals surface area contributed by atoms with Crippen molar-refractivity contribution >= 4 is 0 Å². The molecule has 0 aromatic heterocycles. The Morgan fingerprint density at radius 1 is 1.31 bits per heavy atom. The highest BCUT2D eigenvalue weighted by Crippen LogP contribution is 2.39. The van der Waals surface area contributed by atoms with Crippen LogP contribution in [-0.4, -0.2) is 11.2 Å². The first-order valence-corrected chi connectivity index (χ1v) is 5.09. The Bertz CT molecular complexity index is 206. The fourth-order valence-electron chi connectivity index (χ4n) is 2.12. The number of terminal acetylenes is 1. The largest absolute Gasteiger partial charge is 0.392 e. The summed E-state index contributed by atoms with van der Waals surface area (Å²) in [5.41, 5.74) is 0.329. The molecule has 0 bridgehead atoms. The van der Waals surface area contributed by atoms with Crippen LogP contribution in [0.4, 0.5) is 0 Å². The van der Waals surface area contributed by atoms with Crippen molar-refractivity contribution in [3.63, 3.8) is 0 Å². The van der Waals surface area contributed by atoms with E-state index in [4.69, 9.17) is 6.42 Å². The molecule has 1 saturated carbocycles. The minimum atomic E-state index is -0.261. The van der Waals surface area contributed by atoms with Crippen LogP contribution in [0.25, 0.3) is 0 Å². The molecule has 0 aromatic rings. The van der Waals surface area contributed by atoms with Crippen molar-refractivity contribution in [2.75, 3.05) is 0 Å². The van der Waals surface area contributed by atoms with Gasteiger partial charge in [0, 0.05) is 5.92 Å². The van der Waals surface area contributed by atoms with Gasteiger partial charge in [-0.2, -0.15) is 0 Å². The van der Waals surface area contributed by atoms with Crippen molar-refractivity contribution in [3.05, 3.63) is 0 Å². The van der Waals surface area contributed by atoms with Gasteiger partial charge in [-0.1, -0.05) is 20.8 Å². The van der Waals surface area contributed by atoms with Gasteiger partial charge in [0.1, 0.15) is 0 Å². The topological polar surface area (TPSA) is 20.2 Å². The zero-order chi connectivity index (χ0) is 10.1. The molecule has 1 N–H and O–H groups in total. The van der Waals surface area contributed by atoms with Crippen LogP contribution in [0, 0.1) is 29.6 Å². The molecule has 0 aliphatic heterocycles. The Morgan fingerprint density at radius 3 is 2.38 bits per heavy atom. The van der Waals surface area contributed by atoms with E-state index < -0.39 is 0 Å². The van der Waals surface area contributed by atoms with Gasteiger partial charge in [0.25, 0.3) is 0 Å². The predicted octanol–water partition coefficient (Wildman–Crippen LogP) is 2.44. The second-order valence-electron chi connectivity index (χ2n) is 5.22. The summed E-state index contributed by atoms with van der Waals surface area (Å²) in [4.78, 5) is 0. The maximum atomic E-state index is 9.61. The quantitative estimate of drug-likeness (QED) is 0.568. The monoisotopic (exact) mass is 180 g/mol. The van der Waals surface area contributed by atoms with Gasteiger partial charge in [0.05, 0.1) is 6.10 Å². The minimum Gasteiger partial charge on any atom is -0.392 e. The van der Waals surface area contributed by atoms with Gasteiger partial charge in [-0.25, -0.2) is 0 Å². The number of rotatable bonds is 0. The summed E-state index contributed by atoms with van der Waals surface area (Å²) in [5, 5.41) is 9.61. The summed E-state index contributed by atoms with van der Waals surface area (Å²) in [7, 11) is 0. The van der Waals surface area contributed by atoms with Gasteiger partial charge >= 0.3 is 0 Å². The van der Waals surface area contributed by atoms with Crippen LogP contribution in [0.1, 0.15) is 40.0 Å². The second kappa shape index (κ2) is 3.72. The molecule has 0 heterocycles. The average molecular weight is 180 g/mol. The molecule has 1 aliphatic carbocycles. The molecular weight excluding hydrogens is 160 g/mol. The Labute approximate surface area is 81.5 Å². The molecule has 1 fully saturated rings. The molecule has 3 atom stereocenters. The fourth-order valence-corrected chi connectivity index (χ4v) is 2.12. The summed E-state index contributed by atoms with van der Waals surface area (Å²) >= 11 is 0. The Morgan fingerprint density at radius 2 is 1.92 bits per heavy atom. The van der Waals surface area contributed by atoms with Crippen LogP contribution < -0.4 is 0 Å². The first-order valence-electron chi connectivity index (χ1n) is 5.09. The number of aliphatic hydroxyl groups excluding tert-OH is 1. The summed E-state index contributed by atoms with van der Waals surface area (Å²) in [6.07, 6.45) is 8.10. The maximum absolute atomic E-state index is 9.61. The minimum absolute atomic E-state index is 0.0815. The molecule has 0 aromatic carbocycles. The number of hydrogen-bond acceptors (Lipinski definition) is 1. The average Bonchev–Trinajstić information content (AvgIpc) is 2.03. The van der Waals surface area contributed by atoms with E-state index in [0.717, 1.165) is 19.3 Å². The maximum Gasteiger partial charge on any atom is 0.0677 e. The number of hydrogen-bond donors (Lipinski definition) is 1. The molecule has 1 nitrogen and oxygen atoms in total. The van der Waals surface area contributed by atoms with E-state index >= 15 is 0 Å². The van der Waals surface area contributed by atoms with Crippen LogP contribution >= 0.6 is 0 Å². The highest BCUT2D eigenvalue weighted by atomic mass is 16.3. The predicted molar refractivity (Wildman–Crippen MR) is 55.1 cm³/mol. The second-order valence-corrected chi connectivity index (χ2v) is 5.22. The van der Waals surface area contributed by atoms with Crippen LogP contribution in [0.3, 0.4) is 0 Å². The van der Waals surface area contributed by atoms with Crippen LogP contribution in [0.5, 0.6) is 0 Å². The normalized spacial score (nSPS) is 35.5. The first-order chi connectivity index (χ1) is 5.95. The molecule has 1 rings (SSSR count). The Balaban J connectivity index is 2.61. The molecule has 0 radical (unpaired) electrons. The highest BCUT2D eigenvalue weighted by Gasteiger charge is 2.33. The molecule has 1 heteroatoms. The summed E-state index contributed by atoms with van der Waals surface area (Å²) in [6.45, 7) is 6.76. The van der Waals surface area contributed by atoms with Crippen molar-refractivity contribution in [1.82, 2.24) is 0 Å². The highest BCUT2D eigenvalue weighted by molar-refractivity contribution is 5.01. The van der Waals surface area contributed by atoms with Gasteiger partial charge < -0.3 is 5.11 Å². The smallest absolute Gasteiger partial charge is 0.0677 e. The van der Waals surface area contributed by atoms with Crippen molar-refractivity contribution in [2.24, 2.45) is 17.3 Å². The third-order valence-electron chi connectivity index (χ3n) is 3.25. The molecule has 0 saturated heterocycles. The van der Waals surface area contributed by atoms with Crippen LogP contribution in [0.15, 0.2) is 0 Å². The van der Waals surface area contributed by atoms with Crippen molar-refractivity contribution < 1.29 is 5.11 Å². The van der Waals surface area contributed by atoms with E-state index in [1.54, 1.807) is 0 Å². The van der Waals surface area contributed by atoms with E-state index in [1.165, 1.54) is 0 Å². The van der Waals surface area contributed by atoms with Gasteiger partial charge in [-0.15, -0.1) is 12.3 Å². The van der Waals surface area contributed by atoms with Crippen LogP contribution in [0.2, 0.25) is 0 Å². The van der Waals surface area contributed by atoms with Crippen molar-refractivity contribution in [2.45, 2.75) is 46.1 Å². The van der Waals surface area contributed by atoms with E-state index in [2.05, 4.69) is 26.7 Å². The molecule has 13 heavy (non-hydrogen) atoms. The number of aliphatic hydroxyl groups is 1. The lowest BCUT2D eigenvalue weighted by atomic mass is 9.68. The third kappa shape index (κ3) is 2.48. The first kappa shape index (κ1) is 10.6. The van der Waals surface area contributed by atoms with Crippen molar-refractivity contribution in [1.29, 1.82) is 0 Å². The van der Waals surface area contributed by atoms with Crippen LogP contribution in [-0.2, 0) is 0 Å². The third-order valence-corrected chi connectivity index (χ3v) is 3.25. The van der Waals surface area contributed by atoms with Gasteiger partial charge in [0.15, 0.2) is 0 Å². The summed E-state index contributed by atoms with van der Waals surface area (Å²) in [5.74, 6) is 3.45. The van der Waals surface area contributed by atoms with Crippen molar-refractivity contribution in [3.8, 4) is 12.3 Å². The molecule has 1 aliphatic rings. The Hall–Kier alpha value is -0.480. The SMILES string of the molecule is C#CC1CC(C(C)(C)C)CCC1O. The lowest BCUT2D eigenvalue weighted by molar-refractivity contribution is 0.0429.